The van der Waals surface area contributed by atoms with Crippen LogP contribution in [0.3, 0.4) is 0 Å². The van der Waals surface area contributed by atoms with Crippen LogP contribution in [-0.2, 0) is 22.5 Å². The SMILES string of the molecule is COCC(=O)N1CCCC[C@@H]1c1nc(C)c2c(n1)N(Cc1ccc(F)cc1)CCC2. The molecule has 0 aliphatic carbocycles. The van der Waals surface area contributed by atoms with Gasteiger partial charge in [0.1, 0.15) is 18.2 Å². The second kappa shape index (κ2) is 9.08. The Labute approximate surface area is 177 Å². The average Bonchev–Trinajstić information content (AvgIpc) is 2.76. The van der Waals surface area contributed by atoms with E-state index in [1.165, 1.54) is 17.7 Å². The van der Waals surface area contributed by atoms with E-state index in [1.54, 1.807) is 7.11 Å². The Morgan fingerprint density at radius 2 is 1.97 bits per heavy atom. The van der Waals surface area contributed by atoms with Crippen molar-refractivity contribution < 1.29 is 13.9 Å². The topological polar surface area (TPSA) is 58.6 Å². The number of halogens is 1. The smallest absolute Gasteiger partial charge is 0.249 e. The van der Waals surface area contributed by atoms with E-state index in [1.807, 2.05) is 24.0 Å². The van der Waals surface area contributed by atoms with Crippen LogP contribution in [0.25, 0.3) is 0 Å². The minimum atomic E-state index is -0.226. The van der Waals surface area contributed by atoms with Crippen LogP contribution in [0.5, 0.6) is 0 Å². The number of aromatic nitrogens is 2. The lowest BCUT2D eigenvalue weighted by Crippen LogP contribution is -2.41. The number of rotatable bonds is 5. The Hall–Kier alpha value is -2.54. The first kappa shape index (κ1) is 20.7. The van der Waals surface area contributed by atoms with Crippen molar-refractivity contribution in [2.75, 3.05) is 31.7 Å². The van der Waals surface area contributed by atoms with E-state index in [0.29, 0.717) is 13.1 Å². The van der Waals surface area contributed by atoms with Gasteiger partial charge in [-0.1, -0.05) is 12.1 Å². The maximum absolute atomic E-state index is 13.3. The Morgan fingerprint density at radius 1 is 1.17 bits per heavy atom. The monoisotopic (exact) mass is 412 g/mol. The highest BCUT2D eigenvalue weighted by molar-refractivity contribution is 5.78. The number of nitrogens with zero attached hydrogens (tertiary/aromatic N) is 4. The van der Waals surface area contributed by atoms with Crippen LogP contribution in [-0.4, -0.2) is 47.6 Å². The second-order valence-corrected chi connectivity index (χ2v) is 8.15. The average molecular weight is 413 g/mol. The van der Waals surface area contributed by atoms with E-state index in [-0.39, 0.29) is 24.4 Å². The molecule has 7 heteroatoms. The normalized spacial score (nSPS) is 19.0. The number of anilines is 1. The molecule has 3 heterocycles. The van der Waals surface area contributed by atoms with Gasteiger partial charge in [0.15, 0.2) is 5.82 Å². The number of ether oxygens (including phenoxy) is 1. The Kier molecular flexibility index (Phi) is 6.27. The van der Waals surface area contributed by atoms with Crippen molar-refractivity contribution in [1.29, 1.82) is 0 Å². The maximum atomic E-state index is 13.3. The van der Waals surface area contributed by atoms with Gasteiger partial charge in [-0.05, 0) is 56.7 Å². The van der Waals surface area contributed by atoms with E-state index in [9.17, 15) is 9.18 Å². The first-order chi connectivity index (χ1) is 14.6. The molecule has 2 aliphatic heterocycles. The summed E-state index contributed by atoms with van der Waals surface area (Å²) in [6.07, 6.45) is 4.91. The summed E-state index contributed by atoms with van der Waals surface area (Å²) in [5.41, 5.74) is 3.22. The number of hydrogen-bond acceptors (Lipinski definition) is 5. The second-order valence-electron chi connectivity index (χ2n) is 8.15. The fraction of sp³-hybridized carbons (Fsp3) is 0.522. The summed E-state index contributed by atoms with van der Waals surface area (Å²) in [5.74, 6) is 1.44. The molecule has 0 radical (unpaired) electrons. The summed E-state index contributed by atoms with van der Waals surface area (Å²) in [6.45, 7) is 4.41. The van der Waals surface area contributed by atoms with Gasteiger partial charge in [0.05, 0.1) is 6.04 Å². The fourth-order valence-electron chi connectivity index (χ4n) is 4.53. The van der Waals surface area contributed by atoms with E-state index < -0.39 is 0 Å². The zero-order valence-corrected chi connectivity index (χ0v) is 17.7. The predicted molar refractivity (Wildman–Crippen MR) is 113 cm³/mol. The standard InChI is InChI=1S/C23H29FN4O2/c1-16-19-6-5-12-27(14-17-8-10-18(24)11-9-17)23(19)26-22(25-16)20-7-3-4-13-28(20)21(29)15-30-2/h8-11,20H,3-7,12-15H2,1-2H3/t20-/m1/s1. The molecule has 2 aliphatic rings. The molecule has 30 heavy (non-hydrogen) atoms. The number of carbonyl (C=O) groups excluding carboxylic acids is 1. The molecule has 0 N–H and O–H groups in total. The number of likely N-dealkylation sites (tertiary alicyclic amines) is 1. The minimum absolute atomic E-state index is 0.00987. The molecule has 1 saturated heterocycles. The summed E-state index contributed by atoms with van der Waals surface area (Å²) in [6, 6.07) is 6.53. The minimum Gasteiger partial charge on any atom is -0.375 e. The van der Waals surface area contributed by atoms with E-state index in [4.69, 9.17) is 14.7 Å². The summed E-state index contributed by atoms with van der Waals surface area (Å²) in [4.78, 5) is 26.6. The van der Waals surface area contributed by atoms with Gasteiger partial charge in [0.25, 0.3) is 0 Å². The Morgan fingerprint density at radius 3 is 2.73 bits per heavy atom. The lowest BCUT2D eigenvalue weighted by Gasteiger charge is -2.36. The zero-order chi connectivity index (χ0) is 21.1. The molecule has 1 fully saturated rings. The van der Waals surface area contributed by atoms with Crippen LogP contribution in [0, 0.1) is 12.7 Å². The predicted octanol–water partition coefficient (Wildman–Crippen LogP) is 3.58. The van der Waals surface area contributed by atoms with Gasteiger partial charge >= 0.3 is 0 Å². The van der Waals surface area contributed by atoms with Gasteiger partial charge in [-0.15, -0.1) is 0 Å². The third-order valence-electron chi connectivity index (χ3n) is 6.04. The molecule has 1 aromatic heterocycles. The quantitative estimate of drug-likeness (QED) is 0.751. The molecule has 1 atom stereocenters. The van der Waals surface area contributed by atoms with Crippen molar-refractivity contribution in [3.63, 3.8) is 0 Å². The third kappa shape index (κ3) is 4.31. The number of fused-ring (bicyclic) bond motifs is 1. The number of aryl methyl sites for hydroxylation is 1. The van der Waals surface area contributed by atoms with Crippen molar-refractivity contribution in [1.82, 2.24) is 14.9 Å². The number of methoxy groups -OCH3 is 1. The van der Waals surface area contributed by atoms with Gasteiger partial charge < -0.3 is 14.5 Å². The molecule has 0 unspecified atom stereocenters. The Bertz CT molecular complexity index is 903. The molecule has 160 valence electrons. The molecule has 1 amide bonds. The van der Waals surface area contributed by atoms with Gasteiger partial charge in [-0.25, -0.2) is 14.4 Å². The molecule has 6 nitrogen and oxygen atoms in total. The van der Waals surface area contributed by atoms with Crippen LogP contribution in [0.1, 0.15) is 54.4 Å². The molecule has 1 aromatic carbocycles. The number of benzene rings is 1. The molecular formula is C23H29FN4O2. The summed E-state index contributed by atoms with van der Waals surface area (Å²) >= 11 is 0. The molecule has 4 rings (SSSR count). The fourth-order valence-corrected chi connectivity index (χ4v) is 4.53. The van der Waals surface area contributed by atoms with Crippen molar-refractivity contribution >= 4 is 11.7 Å². The van der Waals surface area contributed by atoms with Crippen molar-refractivity contribution in [3.05, 3.63) is 52.7 Å². The van der Waals surface area contributed by atoms with Crippen LogP contribution in [0.2, 0.25) is 0 Å². The number of hydrogen-bond donors (Lipinski definition) is 0. The van der Waals surface area contributed by atoms with Crippen LogP contribution >= 0.6 is 0 Å². The first-order valence-electron chi connectivity index (χ1n) is 10.7. The maximum Gasteiger partial charge on any atom is 0.249 e. The highest BCUT2D eigenvalue weighted by atomic mass is 19.1. The Balaban J connectivity index is 1.65. The van der Waals surface area contributed by atoms with Gasteiger partial charge in [-0.3, -0.25) is 4.79 Å². The number of piperidine rings is 1. The highest BCUT2D eigenvalue weighted by Crippen LogP contribution is 2.34. The number of amides is 1. The summed E-state index contributed by atoms with van der Waals surface area (Å²) < 4.78 is 18.4. The molecule has 0 bridgehead atoms. The van der Waals surface area contributed by atoms with Crippen molar-refractivity contribution in [2.24, 2.45) is 0 Å². The molecule has 0 spiro atoms. The van der Waals surface area contributed by atoms with Crippen molar-refractivity contribution in [2.45, 2.75) is 51.6 Å². The van der Waals surface area contributed by atoms with Gasteiger partial charge in [-0.2, -0.15) is 0 Å². The largest absolute Gasteiger partial charge is 0.375 e. The third-order valence-corrected chi connectivity index (χ3v) is 6.04. The van der Waals surface area contributed by atoms with E-state index in [2.05, 4.69) is 4.90 Å². The molecular weight excluding hydrogens is 383 g/mol. The zero-order valence-electron chi connectivity index (χ0n) is 17.7. The summed E-state index contributed by atoms with van der Waals surface area (Å²) in [5, 5.41) is 0. The van der Waals surface area contributed by atoms with Crippen LogP contribution < -0.4 is 4.90 Å². The lowest BCUT2D eigenvalue weighted by atomic mass is 9.99. The number of carbonyl (C=O) groups is 1. The van der Waals surface area contributed by atoms with E-state index >= 15 is 0 Å². The van der Waals surface area contributed by atoms with Crippen LogP contribution in [0.15, 0.2) is 24.3 Å². The molecule has 2 aromatic rings. The van der Waals surface area contributed by atoms with Gasteiger partial charge in [0.2, 0.25) is 5.91 Å². The van der Waals surface area contributed by atoms with E-state index in [0.717, 1.165) is 61.5 Å². The highest BCUT2D eigenvalue weighted by Gasteiger charge is 2.32. The van der Waals surface area contributed by atoms with Crippen molar-refractivity contribution in [3.8, 4) is 0 Å². The lowest BCUT2D eigenvalue weighted by molar-refractivity contribution is -0.139. The van der Waals surface area contributed by atoms with Crippen LogP contribution in [0.4, 0.5) is 10.2 Å². The first-order valence-corrected chi connectivity index (χ1v) is 10.7. The summed E-state index contributed by atoms with van der Waals surface area (Å²) in [7, 11) is 1.55. The molecule has 0 saturated carbocycles. The van der Waals surface area contributed by atoms with Gasteiger partial charge in [0, 0.05) is 38.0 Å².